The number of fused-ring (bicyclic) bond motifs is 3. The molecule has 2 aromatic heterocycles. The van der Waals surface area contributed by atoms with E-state index in [0.29, 0.717) is 5.25 Å². The van der Waals surface area contributed by atoms with Crippen molar-refractivity contribution in [3.05, 3.63) is 71.5 Å². The molecule has 0 aliphatic carbocycles. The van der Waals surface area contributed by atoms with Gasteiger partial charge in [-0.2, -0.15) is 0 Å². The number of rotatable bonds is 4. The van der Waals surface area contributed by atoms with Gasteiger partial charge in [0.1, 0.15) is 5.82 Å². The molecule has 130 valence electrons. The van der Waals surface area contributed by atoms with Gasteiger partial charge >= 0.3 is 0 Å². The summed E-state index contributed by atoms with van der Waals surface area (Å²) in [5.41, 5.74) is 4.16. The standard InChI is InChI=1S/C20H19N5S/c1-2-6-14(7-3-1)13-25-18-9-5-4-8-16(18)17-11-10-15(26-20(17)25)12-19-21-23-24-22-19/h1-9,15H,10-13H2,(H,21,22,23,24). The summed E-state index contributed by atoms with van der Waals surface area (Å²) >= 11 is 1.97. The molecule has 1 aliphatic rings. The van der Waals surface area contributed by atoms with Gasteiger partial charge in [0.15, 0.2) is 0 Å². The number of para-hydroxylation sites is 1. The molecule has 1 aliphatic heterocycles. The lowest BCUT2D eigenvalue weighted by Crippen LogP contribution is -2.16. The van der Waals surface area contributed by atoms with Crippen LogP contribution in [0, 0.1) is 0 Å². The van der Waals surface area contributed by atoms with E-state index in [0.717, 1.165) is 31.6 Å². The van der Waals surface area contributed by atoms with Crippen LogP contribution in [0.15, 0.2) is 59.6 Å². The molecule has 0 saturated carbocycles. The number of aromatic amines is 1. The number of benzene rings is 2. The molecule has 0 amide bonds. The summed E-state index contributed by atoms with van der Waals surface area (Å²) in [6, 6.07) is 19.5. The first-order valence-corrected chi connectivity index (χ1v) is 9.80. The van der Waals surface area contributed by atoms with Crippen molar-refractivity contribution < 1.29 is 0 Å². The maximum absolute atomic E-state index is 4.06. The molecule has 1 N–H and O–H groups in total. The van der Waals surface area contributed by atoms with Crippen LogP contribution in [0.1, 0.15) is 23.4 Å². The molecule has 1 atom stereocenters. The summed E-state index contributed by atoms with van der Waals surface area (Å²) < 4.78 is 2.48. The molecule has 0 bridgehead atoms. The quantitative estimate of drug-likeness (QED) is 0.600. The van der Waals surface area contributed by atoms with Crippen molar-refractivity contribution in [2.75, 3.05) is 0 Å². The molecule has 26 heavy (non-hydrogen) atoms. The molecule has 0 fully saturated rings. The first-order valence-electron chi connectivity index (χ1n) is 8.92. The van der Waals surface area contributed by atoms with E-state index in [-0.39, 0.29) is 0 Å². The highest BCUT2D eigenvalue weighted by molar-refractivity contribution is 8.00. The van der Waals surface area contributed by atoms with Crippen molar-refractivity contribution in [1.82, 2.24) is 25.2 Å². The van der Waals surface area contributed by atoms with Crippen molar-refractivity contribution in [2.24, 2.45) is 0 Å². The van der Waals surface area contributed by atoms with E-state index in [9.17, 15) is 0 Å². The van der Waals surface area contributed by atoms with Gasteiger partial charge in [0.2, 0.25) is 0 Å². The fourth-order valence-corrected chi connectivity index (χ4v) is 5.23. The zero-order chi connectivity index (χ0) is 17.3. The number of aryl methyl sites for hydroxylation is 1. The van der Waals surface area contributed by atoms with Crippen LogP contribution in [-0.4, -0.2) is 30.4 Å². The third kappa shape index (κ3) is 2.80. The summed E-state index contributed by atoms with van der Waals surface area (Å²) in [5, 5.41) is 17.7. The Morgan fingerprint density at radius 2 is 1.92 bits per heavy atom. The second-order valence-electron chi connectivity index (χ2n) is 6.70. The van der Waals surface area contributed by atoms with Crippen LogP contribution >= 0.6 is 11.8 Å². The Balaban J connectivity index is 1.54. The molecule has 2 aromatic carbocycles. The van der Waals surface area contributed by atoms with Gasteiger partial charge in [-0.3, -0.25) is 0 Å². The molecule has 4 aromatic rings. The Hall–Kier alpha value is -2.60. The molecule has 1 unspecified atom stereocenters. The number of thioether (sulfide) groups is 1. The zero-order valence-corrected chi connectivity index (χ0v) is 15.1. The third-order valence-electron chi connectivity index (χ3n) is 5.01. The van der Waals surface area contributed by atoms with Crippen LogP contribution in [0.3, 0.4) is 0 Å². The normalized spacial score (nSPS) is 16.7. The first-order chi connectivity index (χ1) is 12.9. The molecule has 0 spiro atoms. The first kappa shape index (κ1) is 15.6. The highest BCUT2D eigenvalue weighted by Gasteiger charge is 2.27. The minimum Gasteiger partial charge on any atom is -0.331 e. The van der Waals surface area contributed by atoms with Crippen LogP contribution < -0.4 is 0 Å². The van der Waals surface area contributed by atoms with E-state index >= 15 is 0 Å². The lowest BCUT2D eigenvalue weighted by atomic mass is 10.0. The number of nitrogens with one attached hydrogen (secondary N) is 1. The Kier molecular flexibility index (Phi) is 3.97. The molecule has 5 rings (SSSR count). The van der Waals surface area contributed by atoms with Gasteiger partial charge in [-0.25, -0.2) is 5.10 Å². The van der Waals surface area contributed by atoms with Gasteiger partial charge < -0.3 is 4.57 Å². The predicted molar refractivity (Wildman–Crippen MR) is 103 cm³/mol. The van der Waals surface area contributed by atoms with E-state index in [2.05, 4.69) is 79.8 Å². The SMILES string of the molecule is c1ccc(Cn2c3c(c4ccccc42)CCC(Cc2nnn[nH]2)S3)cc1. The minimum atomic E-state index is 0.496. The van der Waals surface area contributed by atoms with Crippen LogP contribution in [-0.2, 0) is 19.4 Å². The second-order valence-corrected chi connectivity index (χ2v) is 7.99. The number of aromatic nitrogens is 5. The van der Waals surface area contributed by atoms with Crippen LogP contribution in [0.4, 0.5) is 0 Å². The van der Waals surface area contributed by atoms with Crippen molar-refractivity contribution in [3.63, 3.8) is 0 Å². The number of hydrogen-bond donors (Lipinski definition) is 1. The van der Waals surface area contributed by atoms with Crippen LogP contribution in [0.5, 0.6) is 0 Å². The largest absolute Gasteiger partial charge is 0.331 e. The summed E-state index contributed by atoms with van der Waals surface area (Å²) in [6.07, 6.45) is 3.14. The van der Waals surface area contributed by atoms with Crippen molar-refractivity contribution in [3.8, 4) is 0 Å². The molecule has 5 nitrogen and oxygen atoms in total. The number of tetrazole rings is 1. The van der Waals surface area contributed by atoms with Gasteiger partial charge in [-0.1, -0.05) is 48.5 Å². The van der Waals surface area contributed by atoms with Crippen LogP contribution in [0.25, 0.3) is 10.9 Å². The Bertz CT molecular complexity index is 1020. The zero-order valence-electron chi connectivity index (χ0n) is 14.3. The van der Waals surface area contributed by atoms with Crippen molar-refractivity contribution in [2.45, 2.75) is 36.1 Å². The summed E-state index contributed by atoms with van der Waals surface area (Å²) in [5.74, 6) is 0.872. The van der Waals surface area contributed by atoms with Gasteiger partial charge in [0.05, 0.1) is 5.03 Å². The Labute approximate surface area is 155 Å². The van der Waals surface area contributed by atoms with Crippen molar-refractivity contribution >= 4 is 22.7 Å². The maximum Gasteiger partial charge on any atom is 0.149 e. The van der Waals surface area contributed by atoms with Gasteiger partial charge in [0.25, 0.3) is 0 Å². The summed E-state index contributed by atoms with van der Waals surface area (Å²) in [7, 11) is 0. The Morgan fingerprint density at radius 1 is 1.08 bits per heavy atom. The average molecular weight is 361 g/mol. The topological polar surface area (TPSA) is 59.4 Å². The summed E-state index contributed by atoms with van der Waals surface area (Å²) in [6.45, 7) is 0.903. The lowest BCUT2D eigenvalue weighted by Gasteiger charge is -2.23. The number of hydrogen-bond acceptors (Lipinski definition) is 4. The smallest absolute Gasteiger partial charge is 0.149 e. The third-order valence-corrected chi connectivity index (χ3v) is 6.44. The van der Waals surface area contributed by atoms with Gasteiger partial charge in [0, 0.05) is 29.1 Å². The minimum absolute atomic E-state index is 0.496. The molecular formula is C20H19N5S. The van der Waals surface area contributed by atoms with E-state index in [1.807, 2.05) is 11.8 Å². The molecule has 3 heterocycles. The molecule has 0 saturated heterocycles. The van der Waals surface area contributed by atoms with Gasteiger partial charge in [-0.05, 0) is 40.5 Å². The van der Waals surface area contributed by atoms with E-state index < -0.39 is 0 Å². The molecular weight excluding hydrogens is 342 g/mol. The van der Waals surface area contributed by atoms with Crippen LogP contribution in [0.2, 0.25) is 0 Å². The fourth-order valence-electron chi connectivity index (χ4n) is 3.80. The number of nitrogens with zero attached hydrogens (tertiary/aromatic N) is 4. The monoisotopic (exact) mass is 361 g/mol. The predicted octanol–water partition coefficient (Wildman–Crippen LogP) is 3.85. The highest BCUT2D eigenvalue weighted by Crippen LogP contribution is 2.42. The maximum atomic E-state index is 4.06. The molecule has 0 radical (unpaired) electrons. The number of H-pyrrole nitrogens is 1. The Morgan fingerprint density at radius 3 is 2.77 bits per heavy atom. The van der Waals surface area contributed by atoms with Gasteiger partial charge in [-0.15, -0.1) is 16.9 Å². The summed E-state index contributed by atoms with van der Waals surface area (Å²) in [4.78, 5) is 0. The van der Waals surface area contributed by atoms with Crippen molar-refractivity contribution in [1.29, 1.82) is 0 Å². The van der Waals surface area contributed by atoms with E-state index in [4.69, 9.17) is 0 Å². The fraction of sp³-hybridized carbons (Fsp3) is 0.250. The lowest BCUT2D eigenvalue weighted by molar-refractivity contribution is 0.673. The molecule has 6 heteroatoms. The van der Waals surface area contributed by atoms with E-state index in [1.165, 1.54) is 27.1 Å². The highest BCUT2D eigenvalue weighted by atomic mass is 32.2. The average Bonchev–Trinajstić information content (AvgIpc) is 3.30. The van der Waals surface area contributed by atoms with E-state index in [1.54, 1.807) is 0 Å². The second kappa shape index (κ2) is 6.61.